The highest BCUT2D eigenvalue weighted by Gasteiger charge is 2.29. The van der Waals surface area contributed by atoms with Gasteiger partial charge in [0.15, 0.2) is 6.10 Å². The normalized spacial score (nSPS) is 13.8. The van der Waals surface area contributed by atoms with Gasteiger partial charge in [0.05, 0.1) is 13.7 Å². The summed E-state index contributed by atoms with van der Waals surface area (Å²) in [6.07, 6.45) is -3.01. The fourth-order valence-corrected chi connectivity index (χ4v) is 2.01. The van der Waals surface area contributed by atoms with Gasteiger partial charge in [-0.2, -0.15) is 0 Å². The third kappa shape index (κ3) is 3.45. The van der Waals surface area contributed by atoms with Gasteiger partial charge in [0.25, 0.3) is 0 Å². The molecule has 0 fully saturated rings. The molecule has 0 saturated heterocycles. The maximum atomic E-state index is 11.5. The number of esters is 1. The lowest BCUT2D eigenvalue weighted by molar-refractivity contribution is -0.159. The third-order valence-corrected chi connectivity index (χ3v) is 2.80. The second-order valence-corrected chi connectivity index (χ2v) is 4.35. The van der Waals surface area contributed by atoms with Crippen LogP contribution in [0, 0.1) is 13.8 Å². The number of aliphatic hydroxyl groups excluding tert-OH is 2. The number of hydrogen-bond donors (Lipinski definition) is 2. The van der Waals surface area contributed by atoms with Crippen molar-refractivity contribution in [1.29, 1.82) is 0 Å². The maximum Gasteiger partial charge on any atom is 0.338 e. The van der Waals surface area contributed by atoms with Gasteiger partial charge in [-0.15, -0.1) is 0 Å². The minimum absolute atomic E-state index is 0.145. The zero-order valence-electron chi connectivity index (χ0n) is 11.6. The van der Waals surface area contributed by atoms with Crippen LogP contribution in [-0.4, -0.2) is 36.0 Å². The number of rotatable bonds is 5. The van der Waals surface area contributed by atoms with E-state index in [9.17, 15) is 15.0 Å². The third-order valence-electron chi connectivity index (χ3n) is 2.80. The Balaban J connectivity index is 3.11. The summed E-state index contributed by atoms with van der Waals surface area (Å²) < 4.78 is 9.91. The molecule has 19 heavy (non-hydrogen) atoms. The molecule has 2 atom stereocenters. The molecule has 5 heteroatoms. The van der Waals surface area contributed by atoms with Crippen molar-refractivity contribution in [2.24, 2.45) is 0 Å². The van der Waals surface area contributed by atoms with Crippen LogP contribution in [0.15, 0.2) is 12.1 Å². The molecular weight excluding hydrogens is 248 g/mol. The van der Waals surface area contributed by atoms with E-state index in [1.807, 2.05) is 19.9 Å². The number of methoxy groups -OCH3 is 1. The van der Waals surface area contributed by atoms with E-state index in [1.54, 1.807) is 13.0 Å². The van der Waals surface area contributed by atoms with Crippen molar-refractivity contribution in [3.63, 3.8) is 0 Å². The van der Waals surface area contributed by atoms with E-state index in [2.05, 4.69) is 0 Å². The van der Waals surface area contributed by atoms with Gasteiger partial charge in [-0.05, 0) is 32.4 Å². The van der Waals surface area contributed by atoms with E-state index in [-0.39, 0.29) is 6.61 Å². The van der Waals surface area contributed by atoms with E-state index in [4.69, 9.17) is 9.47 Å². The number of carbonyl (C=O) groups excluding carboxylic acids is 1. The second kappa shape index (κ2) is 6.54. The van der Waals surface area contributed by atoms with Crippen LogP contribution in [0.5, 0.6) is 5.75 Å². The molecule has 0 saturated carbocycles. The molecule has 2 N–H and O–H groups in total. The van der Waals surface area contributed by atoms with E-state index in [0.29, 0.717) is 11.3 Å². The highest BCUT2D eigenvalue weighted by atomic mass is 16.5. The Morgan fingerprint density at radius 3 is 2.47 bits per heavy atom. The molecule has 0 aliphatic carbocycles. The fraction of sp³-hybridized carbons (Fsp3) is 0.500. The van der Waals surface area contributed by atoms with E-state index >= 15 is 0 Å². The smallest absolute Gasteiger partial charge is 0.338 e. The topological polar surface area (TPSA) is 76.0 Å². The highest BCUT2D eigenvalue weighted by molar-refractivity contribution is 5.75. The van der Waals surface area contributed by atoms with Crippen LogP contribution in [0.4, 0.5) is 0 Å². The molecule has 0 heterocycles. The van der Waals surface area contributed by atoms with Crippen molar-refractivity contribution >= 4 is 5.97 Å². The largest absolute Gasteiger partial charge is 0.496 e. The van der Waals surface area contributed by atoms with Gasteiger partial charge >= 0.3 is 5.97 Å². The average Bonchev–Trinajstić information content (AvgIpc) is 2.36. The first kappa shape index (κ1) is 15.5. The Kier molecular flexibility index (Phi) is 5.32. The minimum Gasteiger partial charge on any atom is -0.496 e. The first-order valence-electron chi connectivity index (χ1n) is 6.10. The Morgan fingerprint density at radius 2 is 1.95 bits per heavy atom. The molecule has 5 nitrogen and oxygen atoms in total. The van der Waals surface area contributed by atoms with Crippen LogP contribution in [0.1, 0.15) is 29.7 Å². The molecule has 0 aliphatic rings. The van der Waals surface area contributed by atoms with Crippen LogP contribution >= 0.6 is 0 Å². The van der Waals surface area contributed by atoms with Crippen molar-refractivity contribution in [1.82, 2.24) is 0 Å². The molecule has 0 unspecified atom stereocenters. The Bertz CT molecular complexity index is 455. The number of aryl methyl sites for hydroxylation is 2. The van der Waals surface area contributed by atoms with Crippen molar-refractivity contribution in [2.45, 2.75) is 33.0 Å². The minimum atomic E-state index is -1.63. The lowest BCUT2D eigenvalue weighted by Gasteiger charge is -2.20. The van der Waals surface area contributed by atoms with Gasteiger partial charge in [-0.25, -0.2) is 4.79 Å². The summed E-state index contributed by atoms with van der Waals surface area (Å²) in [7, 11) is 1.48. The number of aliphatic hydroxyl groups is 2. The summed E-state index contributed by atoms with van der Waals surface area (Å²) in [6, 6.07) is 3.57. The zero-order valence-corrected chi connectivity index (χ0v) is 11.6. The van der Waals surface area contributed by atoms with Gasteiger partial charge in [0.1, 0.15) is 11.9 Å². The van der Waals surface area contributed by atoms with Crippen LogP contribution in [-0.2, 0) is 9.53 Å². The van der Waals surface area contributed by atoms with Crippen molar-refractivity contribution < 1.29 is 24.5 Å². The zero-order chi connectivity index (χ0) is 14.6. The Labute approximate surface area is 112 Å². The van der Waals surface area contributed by atoms with Gasteiger partial charge in [-0.3, -0.25) is 0 Å². The van der Waals surface area contributed by atoms with E-state index in [0.717, 1.165) is 11.1 Å². The molecule has 0 bridgehead atoms. The molecular formula is C14H20O5. The number of benzene rings is 1. The standard InChI is InChI=1S/C14H20O5/c1-5-19-14(17)12(16)11(15)10-7-8(2)6-9(3)13(10)18-4/h6-7,11-12,15-16H,5H2,1-4H3/t11-,12+/m0/s1. The predicted octanol–water partition coefficient (Wildman–Crippen LogP) is 1.27. The number of hydrogen-bond acceptors (Lipinski definition) is 5. The predicted molar refractivity (Wildman–Crippen MR) is 70.1 cm³/mol. The molecule has 0 amide bonds. The second-order valence-electron chi connectivity index (χ2n) is 4.35. The van der Waals surface area contributed by atoms with Gasteiger partial charge < -0.3 is 19.7 Å². The van der Waals surface area contributed by atoms with Crippen LogP contribution in [0.3, 0.4) is 0 Å². The van der Waals surface area contributed by atoms with Crippen molar-refractivity contribution in [2.75, 3.05) is 13.7 Å². The maximum absolute atomic E-state index is 11.5. The molecule has 0 spiro atoms. The number of carbonyl (C=O) groups is 1. The van der Waals surface area contributed by atoms with E-state index < -0.39 is 18.2 Å². The highest BCUT2D eigenvalue weighted by Crippen LogP contribution is 2.32. The molecule has 0 aromatic heterocycles. The van der Waals surface area contributed by atoms with Crippen LogP contribution in [0.2, 0.25) is 0 Å². The van der Waals surface area contributed by atoms with Gasteiger partial charge in [0.2, 0.25) is 0 Å². The van der Waals surface area contributed by atoms with Gasteiger partial charge in [-0.1, -0.05) is 11.6 Å². The Morgan fingerprint density at radius 1 is 1.32 bits per heavy atom. The molecule has 0 aliphatic heterocycles. The average molecular weight is 268 g/mol. The lowest BCUT2D eigenvalue weighted by atomic mass is 9.98. The van der Waals surface area contributed by atoms with Crippen LogP contribution < -0.4 is 4.74 Å². The summed E-state index contributed by atoms with van der Waals surface area (Å²) in [4.78, 5) is 11.5. The SMILES string of the molecule is CCOC(=O)[C@H](O)[C@@H](O)c1cc(C)cc(C)c1OC. The molecule has 0 radical (unpaired) electrons. The quantitative estimate of drug-likeness (QED) is 0.786. The lowest BCUT2D eigenvalue weighted by Crippen LogP contribution is -2.30. The first-order chi connectivity index (χ1) is 8.92. The summed E-state index contributed by atoms with van der Waals surface area (Å²) in [5.74, 6) is -0.391. The summed E-state index contributed by atoms with van der Waals surface area (Å²) in [5, 5.41) is 19.9. The van der Waals surface area contributed by atoms with E-state index in [1.165, 1.54) is 7.11 Å². The fourth-order valence-electron chi connectivity index (χ4n) is 2.01. The molecule has 1 rings (SSSR count). The molecule has 1 aromatic rings. The van der Waals surface area contributed by atoms with Crippen molar-refractivity contribution in [3.8, 4) is 5.75 Å². The summed E-state index contributed by atoms with van der Waals surface area (Å²) in [6.45, 7) is 5.47. The van der Waals surface area contributed by atoms with Crippen LogP contribution in [0.25, 0.3) is 0 Å². The Hall–Kier alpha value is -1.59. The summed E-state index contributed by atoms with van der Waals surface area (Å²) >= 11 is 0. The summed E-state index contributed by atoms with van der Waals surface area (Å²) in [5.41, 5.74) is 2.11. The molecule has 1 aromatic carbocycles. The number of ether oxygens (including phenoxy) is 2. The molecule has 106 valence electrons. The van der Waals surface area contributed by atoms with Gasteiger partial charge in [0, 0.05) is 5.56 Å². The first-order valence-corrected chi connectivity index (χ1v) is 6.10. The van der Waals surface area contributed by atoms with Crippen molar-refractivity contribution in [3.05, 3.63) is 28.8 Å². The monoisotopic (exact) mass is 268 g/mol.